The van der Waals surface area contributed by atoms with Gasteiger partial charge in [0.1, 0.15) is 12.3 Å². The van der Waals surface area contributed by atoms with E-state index >= 15 is 0 Å². The molecule has 0 atom stereocenters. The van der Waals surface area contributed by atoms with Crippen molar-refractivity contribution < 1.29 is 22.7 Å². The second-order valence-corrected chi connectivity index (χ2v) is 7.92. The van der Waals surface area contributed by atoms with Crippen molar-refractivity contribution in [2.75, 3.05) is 50.4 Å². The molecular weight excluding hydrogens is 370 g/mol. The van der Waals surface area contributed by atoms with Crippen molar-refractivity contribution >= 4 is 39.6 Å². The zero-order valence-corrected chi connectivity index (χ0v) is 15.6. The number of hydrogen-bond donors (Lipinski definition) is 0. The summed E-state index contributed by atoms with van der Waals surface area (Å²) >= 11 is 6.06. The molecule has 1 heterocycles. The molecule has 1 fully saturated rings. The smallest absolute Gasteiger partial charge is 0.243 e. The van der Waals surface area contributed by atoms with Crippen molar-refractivity contribution in [2.24, 2.45) is 0 Å². The molecule has 0 aromatic heterocycles. The summed E-state index contributed by atoms with van der Waals surface area (Å²) in [5.74, 6) is 0.0816. The van der Waals surface area contributed by atoms with Gasteiger partial charge in [-0.1, -0.05) is 11.6 Å². The molecule has 0 radical (unpaired) electrons. The van der Waals surface area contributed by atoms with Crippen molar-refractivity contribution in [3.8, 4) is 5.75 Å². The Hall–Kier alpha value is -2.00. The molecule has 0 saturated carbocycles. The lowest BCUT2D eigenvalue weighted by Gasteiger charge is -2.34. The van der Waals surface area contributed by atoms with Crippen LogP contribution in [0.25, 0.3) is 0 Å². The number of carbonyl (C=O) groups is 2. The van der Waals surface area contributed by atoms with Gasteiger partial charge in [-0.25, -0.2) is 8.42 Å². The molecule has 1 saturated heterocycles. The van der Waals surface area contributed by atoms with Crippen LogP contribution in [-0.2, 0) is 19.6 Å². The molecule has 2 amide bonds. The summed E-state index contributed by atoms with van der Waals surface area (Å²) in [4.78, 5) is 26.3. The number of methoxy groups -OCH3 is 1. The third-order valence-electron chi connectivity index (χ3n) is 3.92. The zero-order valence-electron chi connectivity index (χ0n) is 14.0. The Labute approximate surface area is 151 Å². The number of piperazine rings is 1. The fourth-order valence-corrected chi connectivity index (χ4v) is 3.60. The van der Waals surface area contributed by atoms with Gasteiger partial charge in [0.2, 0.25) is 22.3 Å². The van der Waals surface area contributed by atoms with Crippen molar-refractivity contribution in [2.45, 2.75) is 0 Å². The number of hydrogen-bond acceptors (Lipinski definition) is 5. The van der Waals surface area contributed by atoms with Gasteiger partial charge in [0.05, 0.1) is 24.1 Å². The van der Waals surface area contributed by atoms with E-state index in [9.17, 15) is 18.0 Å². The van der Waals surface area contributed by atoms with Crippen LogP contribution in [0.3, 0.4) is 0 Å². The van der Waals surface area contributed by atoms with Gasteiger partial charge in [-0.05, 0) is 18.2 Å². The summed E-state index contributed by atoms with van der Waals surface area (Å²) in [6.45, 7) is 1.28. The van der Waals surface area contributed by atoms with Gasteiger partial charge in [0.25, 0.3) is 0 Å². The summed E-state index contributed by atoms with van der Waals surface area (Å²) in [5.41, 5.74) is 0.285. The van der Waals surface area contributed by atoms with Crippen LogP contribution in [0.5, 0.6) is 5.75 Å². The van der Waals surface area contributed by atoms with E-state index in [1.165, 1.54) is 19.2 Å². The van der Waals surface area contributed by atoms with Gasteiger partial charge in [0.15, 0.2) is 0 Å². The molecule has 0 spiro atoms. The molecular formula is C15H20ClN3O5S. The first-order valence-corrected chi connectivity index (χ1v) is 9.77. The highest BCUT2D eigenvalue weighted by Crippen LogP contribution is 2.30. The maximum Gasteiger partial charge on any atom is 0.243 e. The molecule has 1 aromatic carbocycles. The van der Waals surface area contributed by atoms with E-state index in [1.54, 1.807) is 15.9 Å². The monoisotopic (exact) mass is 389 g/mol. The minimum Gasteiger partial charge on any atom is -0.495 e. The molecule has 1 aliphatic heterocycles. The number of ether oxygens (including phenoxy) is 1. The SMILES string of the molecule is COc1ccc(N(CC(=O)N2CCN(C=O)CC2)S(C)(=O)=O)cc1Cl. The number of amides is 2. The number of halogens is 1. The number of anilines is 1. The van der Waals surface area contributed by atoms with Gasteiger partial charge in [0, 0.05) is 26.2 Å². The molecule has 8 nitrogen and oxygen atoms in total. The maximum absolute atomic E-state index is 12.5. The molecule has 138 valence electrons. The Balaban J connectivity index is 2.18. The second-order valence-electron chi connectivity index (χ2n) is 5.61. The quantitative estimate of drug-likeness (QED) is 0.658. The predicted octanol–water partition coefficient (Wildman–Crippen LogP) is 0.415. The topological polar surface area (TPSA) is 87.2 Å². The van der Waals surface area contributed by atoms with Crippen LogP contribution in [0.1, 0.15) is 0 Å². The van der Waals surface area contributed by atoms with Crippen LogP contribution >= 0.6 is 11.6 Å². The fourth-order valence-electron chi connectivity index (χ4n) is 2.51. The van der Waals surface area contributed by atoms with Crippen LogP contribution in [0.4, 0.5) is 5.69 Å². The summed E-state index contributed by atoms with van der Waals surface area (Å²) in [7, 11) is -2.23. The minimum atomic E-state index is -3.68. The molecule has 10 heteroatoms. The van der Waals surface area contributed by atoms with Gasteiger partial charge in [-0.2, -0.15) is 0 Å². The Kier molecular flexibility index (Phi) is 6.12. The van der Waals surface area contributed by atoms with E-state index in [1.807, 2.05) is 0 Å². The van der Waals surface area contributed by atoms with Crippen LogP contribution in [0.15, 0.2) is 18.2 Å². The van der Waals surface area contributed by atoms with E-state index in [-0.39, 0.29) is 23.2 Å². The second kappa shape index (κ2) is 7.92. The van der Waals surface area contributed by atoms with Crippen LogP contribution in [0, 0.1) is 0 Å². The molecule has 2 rings (SSSR count). The van der Waals surface area contributed by atoms with E-state index in [4.69, 9.17) is 16.3 Å². The molecule has 0 bridgehead atoms. The largest absolute Gasteiger partial charge is 0.495 e. The zero-order chi connectivity index (χ0) is 18.6. The molecule has 1 aliphatic rings. The number of sulfonamides is 1. The predicted molar refractivity (Wildman–Crippen MR) is 94.4 cm³/mol. The van der Waals surface area contributed by atoms with Crippen molar-refractivity contribution in [1.82, 2.24) is 9.80 Å². The third kappa shape index (κ3) is 4.76. The summed E-state index contributed by atoms with van der Waals surface area (Å²) in [6.07, 6.45) is 1.77. The van der Waals surface area contributed by atoms with Crippen molar-refractivity contribution in [3.05, 3.63) is 23.2 Å². The highest BCUT2D eigenvalue weighted by molar-refractivity contribution is 7.92. The minimum absolute atomic E-state index is 0.251. The molecule has 0 N–H and O–H groups in total. The molecule has 1 aromatic rings. The Bertz CT molecular complexity index is 748. The highest BCUT2D eigenvalue weighted by Gasteiger charge is 2.26. The third-order valence-corrected chi connectivity index (χ3v) is 5.35. The number of nitrogens with zero attached hydrogens (tertiary/aromatic N) is 3. The number of rotatable bonds is 6. The van der Waals surface area contributed by atoms with Crippen LogP contribution < -0.4 is 9.04 Å². The lowest BCUT2D eigenvalue weighted by Crippen LogP contribution is -2.51. The first-order chi connectivity index (χ1) is 11.8. The summed E-state index contributed by atoms with van der Waals surface area (Å²) < 4.78 is 30.3. The first kappa shape index (κ1) is 19.3. The lowest BCUT2D eigenvalue weighted by atomic mass is 10.3. The molecule has 0 unspecified atom stereocenters. The number of benzene rings is 1. The van der Waals surface area contributed by atoms with E-state index in [2.05, 4.69) is 0 Å². The maximum atomic E-state index is 12.5. The average molecular weight is 390 g/mol. The first-order valence-electron chi connectivity index (χ1n) is 7.54. The Morgan fingerprint density at radius 1 is 1.32 bits per heavy atom. The molecule has 25 heavy (non-hydrogen) atoms. The standard InChI is InChI=1S/C15H20ClN3O5S/c1-24-14-4-3-12(9-13(14)16)19(25(2,22)23)10-15(21)18-7-5-17(11-20)6-8-18/h3-4,9,11H,5-8,10H2,1-2H3. The van der Waals surface area contributed by atoms with Gasteiger partial charge < -0.3 is 14.5 Å². The van der Waals surface area contributed by atoms with Crippen LogP contribution in [0.2, 0.25) is 5.02 Å². The summed E-state index contributed by atoms with van der Waals surface area (Å²) in [5, 5.41) is 0.251. The van der Waals surface area contributed by atoms with E-state index < -0.39 is 10.0 Å². The van der Waals surface area contributed by atoms with Gasteiger partial charge in [-0.15, -0.1) is 0 Å². The normalized spacial score (nSPS) is 15.0. The fraction of sp³-hybridized carbons (Fsp3) is 0.467. The lowest BCUT2D eigenvalue weighted by molar-refractivity contribution is -0.133. The molecule has 0 aliphatic carbocycles. The van der Waals surface area contributed by atoms with Gasteiger partial charge in [-0.3, -0.25) is 13.9 Å². The van der Waals surface area contributed by atoms with Gasteiger partial charge >= 0.3 is 0 Å². The van der Waals surface area contributed by atoms with Crippen molar-refractivity contribution in [3.63, 3.8) is 0 Å². The summed E-state index contributed by atoms with van der Waals surface area (Å²) in [6, 6.07) is 4.52. The Morgan fingerprint density at radius 3 is 2.44 bits per heavy atom. The van der Waals surface area contributed by atoms with E-state index in [0.717, 1.165) is 17.0 Å². The highest BCUT2D eigenvalue weighted by atomic mass is 35.5. The van der Waals surface area contributed by atoms with Crippen LogP contribution in [-0.4, -0.2) is 76.6 Å². The average Bonchev–Trinajstić information content (AvgIpc) is 2.58. The van der Waals surface area contributed by atoms with Crippen molar-refractivity contribution in [1.29, 1.82) is 0 Å². The Morgan fingerprint density at radius 2 is 1.96 bits per heavy atom. The number of carbonyl (C=O) groups excluding carboxylic acids is 2. The van der Waals surface area contributed by atoms with E-state index in [0.29, 0.717) is 31.9 Å².